The Labute approximate surface area is 69.7 Å². The first kappa shape index (κ1) is 7.39. The lowest BCUT2D eigenvalue weighted by Crippen LogP contribution is -2.47. The number of fused-ring (bicyclic) bond motifs is 1. The van der Waals surface area contributed by atoms with Crippen LogP contribution in [0.15, 0.2) is 12.7 Å². The van der Waals surface area contributed by atoms with Crippen molar-refractivity contribution in [3.05, 3.63) is 12.7 Å². The summed E-state index contributed by atoms with van der Waals surface area (Å²) in [4.78, 5) is 0. The molecule has 0 heteroatoms. The minimum absolute atomic E-state index is 0.583. The van der Waals surface area contributed by atoms with Crippen LogP contribution in [0.4, 0.5) is 0 Å². The average Bonchev–Trinajstić information content (AvgIpc) is 2.38. The molecule has 3 saturated carbocycles. The van der Waals surface area contributed by atoms with E-state index in [1.807, 2.05) is 0 Å². The van der Waals surface area contributed by atoms with Crippen LogP contribution in [0.2, 0.25) is 0 Å². The zero-order valence-corrected chi connectivity index (χ0v) is 7.85. The maximum Gasteiger partial charge on any atom is -0.0174 e. The van der Waals surface area contributed by atoms with Gasteiger partial charge in [-0.25, -0.2) is 0 Å². The molecule has 3 rings (SSSR count). The van der Waals surface area contributed by atoms with Crippen molar-refractivity contribution in [2.24, 2.45) is 22.7 Å². The molecule has 0 amide bonds. The van der Waals surface area contributed by atoms with Gasteiger partial charge in [-0.05, 0) is 35.5 Å². The lowest BCUT2D eigenvalue weighted by Gasteiger charge is -2.54. The third-order valence-corrected chi connectivity index (χ3v) is 4.80. The first-order valence-corrected chi connectivity index (χ1v) is 4.65. The van der Waals surface area contributed by atoms with Crippen LogP contribution in [-0.2, 0) is 0 Å². The van der Waals surface area contributed by atoms with Crippen molar-refractivity contribution in [2.45, 2.75) is 33.6 Å². The van der Waals surface area contributed by atoms with Gasteiger partial charge >= 0.3 is 0 Å². The molecule has 0 spiro atoms. The van der Waals surface area contributed by atoms with Gasteiger partial charge in [0.25, 0.3) is 0 Å². The highest BCUT2D eigenvalue weighted by Crippen LogP contribution is 2.73. The van der Waals surface area contributed by atoms with Gasteiger partial charge < -0.3 is 0 Å². The SMILES string of the molecule is C=CC1CC2CC1(C)C2(C)C. The summed E-state index contributed by atoms with van der Waals surface area (Å²) in [5.74, 6) is 1.78. The monoisotopic (exact) mass is 150 g/mol. The van der Waals surface area contributed by atoms with Gasteiger partial charge in [0.15, 0.2) is 0 Å². The largest absolute Gasteiger partial charge is 0.103 e. The van der Waals surface area contributed by atoms with E-state index in [-0.39, 0.29) is 0 Å². The van der Waals surface area contributed by atoms with E-state index in [1.54, 1.807) is 0 Å². The van der Waals surface area contributed by atoms with Crippen LogP contribution < -0.4 is 0 Å². The summed E-state index contributed by atoms with van der Waals surface area (Å²) in [5, 5.41) is 0. The molecule has 0 heterocycles. The number of hydrogen-bond donors (Lipinski definition) is 0. The molecule has 0 aromatic carbocycles. The summed E-state index contributed by atoms with van der Waals surface area (Å²) in [6.07, 6.45) is 5.01. The lowest BCUT2D eigenvalue weighted by molar-refractivity contribution is -0.0515. The van der Waals surface area contributed by atoms with Crippen LogP contribution in [0, 0.1) is 22.7 Å². The fourth-order valence-electron chi connectivity index (χ4n) is 3.30. The maximum absolute atomic E-state index is 3.93. The predicted octanol–water partition coefficient (Wildman–Crippen LogP) is 3.24. The van der Waals surface area contributed by atoms with E-state index < -0.39 is 0 Å². The Balaban J connectivity index is 2.33. The molecule has 62 valence electrons. The minimum Gasteiger partial charge on any atom is -0.103 e. The molecule has 3 aliphatic carbocycles. The zero-order chi connectivity index (χ0) is 8.28. The van der Waals surface area contributed by atoms with Crippen LogP contribution in [0.25, 0.3) is 0 Å². The highest BCUT2D eigenvalue weighted by atomic mass is 14.7. The van der Waals surface area contributed by atoms with Crippen LogP contribution in [-0.4, -0.2) is 0 Å². The van der Waals surface area contributed by atoms with E-state index in [9.17, 15) is 0 Å². The molecule has 3 unspecified atom stereocenters. The Hall–Kier alpha value is -0.260. The molecule has 0 saturated heterocycles. The fourth-order valence-corrected chi connectivity index (χ4v) is 3.30. The Bertz CT molecular complexity index is 202. The Morgan fingerprint density at radius 1 is 1.36 bits per heavy atom. The van der Waals surface area contributed by atoms with Gasteiger partial charge in [-0.2, -0.15) is 0 Å². The Kier molecular flexibility index (Phi) is 1.16. The summed E-state index contributed by atoms with van der Waals surface area (Å²) in [6.45, 7) is 11.2. The molecule has 0 N–H and O–H groups in total. The van der Waals surface area contributed by atoms with Crippen molar-refractivity contribution in [1.82, 2.24) is 0 Å². The van der Waals surface area contributed by atoms with Crippen molar-refractivity contribution in [1.29, 1.82) is 0 Å². The molecule has 0 nitrogen and oxygen atoms in total. The summed E-state index contributed by atoms with van der Waals surface area (Å²) in [7, 11) is 0. The standard InChI is InChI=1S/C11H18/c1-5-8-6-9-7-11(8,4)10(9,2)3/h5,8-9H,1,6-7H2,2-4H3. The van der Waals surface area contributed by atoms with Crippen molar-refractivity contribution in [2.75, 3.05) is 0 Å². The first-order valence-electron chi connectivity index (χ1n) is 4.65. The minimum atomic E-state index is 0.583. The van der Waals surface area contributed by atoms with E-state index in [0.717, 1.165) is 11.8 Å². The second kappa shape index (κ2) is 1.73. The van der Waals surface area contributed by atoms with Crippen molar-refractivity contribution >= 4 is 0 Å². The smallest absolute Gasteiger partial charge is 0.0174 e. The molecular formula is C11H18. The van der Waals surface area contributed by atoms with E-state index in [2.05, 4.69) is 33.4 Å². The highest BCUT2D eigenvalue weighted by molar-refractivity contribution is 5.18. The van der Waals surface area contributed by atoms with Gasteiger partial charge in [-0.15, -0.1) is 6.58 Å². The van der Waals surface area contributed by atoms with Crippen LogP contribution in [0.5, 0.6) is 0 Å². The molecule has 0 radical (unpaired) electrons. The molecular weight excluding hydrogens is 132 g/mol. The quantitative estimate of drug-likeness (QED) is 0.503. The normalized spacial score (nSPS) is 51.9. The third kappa shape index (κ3) is 0.579. The zero-order valence-electron chi connectivity index (χ0n) is 7.85. The topological polar surface area (TPSA) is 0 Å². The second-order valence-electron chi connectivity index (χ2n) is 5.12. The molecule has 3 atom stereocenters. The summed E-state index contributed by atoms with van der Waals surface area (Å²) < 4.78 is 0. The van der Waals surface area contributed by atoms with E-state index in [4.69, 9.17) is 0 Å². The van der Waals surface area contributed by atoms with Crippen molar-refractivity contribution in [3.8, 4) is 0 Å². The summed E-state index contributed by atoms with van der Waals surface area (Å²) in [6, 6.07) is 0. The van der Waals surface area contributed by atoms with Crippen molar-refractivity contribution < 1.29 is 0 Å². The van der Waals surface area contributed by atoms with Crippen molar-refractivity contribution in [3.63, 3.8) is 0 Å². The van der Waals surface area contributed by atoms with E-state index in [1.165, 1.54) is 12.8 Å². The molecule has 0 aromatic rings. The Morgan fingerprint density at radius 2 is 2.00 bits per heavy atom. The van der Waals surface area contributed by atoms with Crippen LogP contribution in [0.1, 0.15) is 33.6 Å². The molecule has 3 fully saturated rings. The van der Waals surface area contributed by atoms with Gasteiger partial charge in [0.1, 0.15) is 0 Å². The van der Waals surface area contributed by atoms with E-state index >= 15 is 0 Å². The second-order valence-corrected chi connectivity index (χ2v) is 5.12. The lowest BCUT2D eigenvalue weighted by atomic mass is 9.50. The van der Waals surface area contributed by atoms with Crippen LogP contribution >= 0.6 is 0 Å². The molecule has 3 aliphatic rings. The number of rotatable bonds is 1. The number of hydrogen-bond acceptors (Lipinski definition) is 0. The molecule has 0 aromatic heterocycles. The predicted molar refractivity (Wildman–Crippen MR) is 48.3 cm³/mol. The maximum atomic E-state index is 3.93. The molecule has 0 aliphatic heterocycles. The molecule has 11 heavy (non-hydrogen) atoms. The van der Waals surface area contributed by atoms with Crippen LogP contribution in [0.3, 0.4) is 0 Å². The van der Waals surface area contributed by atoms with Gasteiger partial charge in [0.05, 0.1) is 0 Å². The highest BCUT2D eigenvalue weighted by Gasteiger charge is 2.65. The molecule has 2 bridgehead atoms. The average molecular weight is 150 g/mol. The Morgan fingerprint density at radius 3 is 2.18 bits per heavy atom. The van der Waals surface area contributed by atoms with E-state index in [0.29, 0.717) is 10.8 Å². The fraction of sp³-hybridized carbons (Fsp3) is 0.818. The van der Waals surface area contributed by atoms with Gasteiger partial charge in [0, 0.05) is 0 Å². The summed E-state index contributed by atoms with van der Waals surface area (Å²) in [5.41, 5.74) is 1.17. The van der Waals surface area contributed by atoms with Gasteiger partial charge in [-0.3, -0.25) is 0 Å². The number of allylic oxidation sites excluding steroid dienone is 1. The third-order valence-electron chi connectivity index (χ3n) is 4.80. The first-order chi connectivity index (χ1) is 5.02. The summed E-state index contributed by atoms with van der Waals surface area (Å²) >= 11 is 0. The van der Waals surface area contributed by atoms with Gasteiger partial charge in [-0.1, -0.05) is 26.8 Å². The van der Waals surface area contributed by atoms with Gasteiger partial charge in [0.2, 0.25) is 0 Å².